The highest BCUT2D eigenvalue weighted by Gasteiger charge is 2.31. The lowest BCUT2D eigenvalue weighted by molar-refractivity contribution is 0.0518. The lowest BCUT2D eigenvalue weighted by atomic mass is 9.99. The van der Waals surface area contributed by atoms with Crippen LogP contribution in [0, 0.1) is 5.82 Å². The van der Waals surface area contributed by atoms with E-state index in [4.69, 9.17) is 4.74 Å². The summed E-state index contributed by atoms with van der Waals surface area (Å²) < 4.78 is 19.6. The summed E-state index contributed by atoms with van der Waals surface area (Å²) in [7, 11) is 0. The molecule has 2 amide bonds. The Morgan fingerprint density at radius 2 is 1.64 bits per heavy atom. The first-order valence-electron chi connectivity index (χ1n) is 10.9. The topological polar surface area (TPSA) is 44.8 Å². The number of hydrogen-bond acceptors (Lipinski definition) is 3. The van der Waals surface area contributed by atoms with E-state index in [1.807, 2.05) is 11.0 Å². The van der Waals surface area contributed by atoms with E-state index in [1.165, 1.54) is 18.9 Å². The summed E-state index contributed by atoms with van der Waals surface area (Å²) in [6, 6.07) is 7.70. The van der Waals surface area contributed by atoms with Crippen LogP contribution in [0.15, 0.2) is 24.3 Å². The highest BCUT2D eigenvalue weighted by Crippen LogP contribution is 2.25. The Morgan fingerprint density at radius 1 is 0.964 bits per heavy atom. The Balaban J connectivity index is 1.19. The lowest BCUT2D eigenvalue weighted by Crippen LogP contribution is -2.52. The maximum absolute atomic E-state index is 13.8. The molecule has 0 spiro atoms. The van der Waals surface area contributed by atoms with Gasteiger partial charge in [-0.05, 0) is 50.7 Å². The minimum atomic E-state index is -0.284. The number of carbonyl (C=O) groups excluding carboxylic acids is 1. The summed E-state index contributed by atoms with van der Waals surface area (Å²) in [6.07, 6.45) is 8.76. The van der Waals surface area contributed by atoms with Crippen molar-refractivity contribution < 1.29 is 13.9 Å². The number of nitrogens with zero attached hydrogens (tertiary/aromatic N) is 2. The van der Waals surface area contributed by atoms with Gasteiger partial charge in [-0.15, -0.1) is 0 Å². The van der Waals surface area contributed by atoms with Gasteiger partial charge in [0.25, 0.3) is 0 Å². The zero-order valence-corrected chi connectivity index (χ0v) is 16.6. The molecule has 4 rings (SSSR count). The fraction of sp³-hybridized carbons (Fsp3) is 0.682. The normalized spacial score (nSPS) is 23.1. The molecule has 1 aromatic rings. The first-order chi connectivity index (χ1) is 13.7. The van der Waals surface area contributed by atoms with Crippen molar-refractivity contribution in [3.8, 4) is 5.75 Å². The molecule has 28 heavy (non-hydrogen) atoms. The standard InChI is InChI=1S/C22H32FN3O2/c23-20-7-3-4-8-21(20)28-19-11-15-25(16-12-19)18-9-13-26(14-10-18)22(27)24-17-5-1-2-6-17/h3-4,7-8,17-19H,1-2,5-6,9-16H2,(H,24,27). The van der Waals surface area contributed by atoms with E-state index in [1.54, 1.807) is 12.1 Å². The molecule has 2 heterocycles. The molecular formula is C22H32FN3O2. The van der Waals surface area contributed by atoms with Crippen LogP contribution in [0.25, 0.3) is 0 Å². The minimum absolute atomic E-state index is 0.0884. The predicted molar refractivity (Wildman–Crippen MR) is 107 cm³/mol. The average molecular weight is 390 g/mol. The monoisotopic (exact) mass is 389 g/mol. The maximum Gasteiger partial charge on any atom is 0.317 e. The van der Waals surface area contributed by atoms with E-state index in [0.29, 0.717) is 17.8 Å². The van der Waals surface area contributed by atoms with Gasteiger partial charge in [0, 0.05) is 38.3 Å². The molecule has 1 saturated carbocycles. The van der Waals surface area contributed by atoms with Gasteiger partial charge in [0.2, 0.25) is 0 Å². The van der Waals surface area contributed by atoms with Crippen LogP contribution in [0.2, 0.25) is 0 Å². The van der Waals surface area contributed by atoms with Crippen LogP contribution < -0.4 is 10.1 Å². The quantitative estimate of drug-likeness (QED) is 0.852. The third-order valence-electron chi connectivity index (χ3n) is 6.56. The van der Waals surface area contributed by atoms with Crippen LogP contribution in [0.5, 0.6) is 5.75 Å². The fourth-order valence-corrected chi connectivity index (χ4v) is 4.85. The molecule has 1 N–H and O–H groups in total. The maximum atomic E-state index is 13.8. The molecule has 2 saturated heterocycles. The molecule has 1 aromatic carbocycles. The Hall–Kier alpha value is -1.82. The second kappa shape index (κ2) is 9.12. The summed E-state index contributed by atoms with van der Waals surface area (Å²) in [6.45, 7) is 3.65. The van der Waals surface area contributed by atoms with Crippen molar-refractivity contribution in [2.24, 2.45) is 0 Å². The number of amides is 2. The Morgan fingerprint density at radius 3 is 2.32 bits per heavy atom. The van der Waals surface area contributed by atoms with Crippen molar-refractivity contribution >= 4 is 6.03 Å². The number of para-hydroxylation sites is 1. The summed E-state index contributed by atoms with van der Waals surface area (Å²) in [5.74, 6) is 0.0794. The van der Waals surface area contributed by atoms with E-state index >= 15 is 0 Å². The number of carbonyl (C=O) groups is 1. The number of urea groups is 1. The van der Waals surface area contributed by atoms with E-state index in [9.17, 15) is 9.18 Å². The number of hydrogen-bond donors (Lipinski definition) is 1. The van der Waals surface area contributed by atoms with Crippen LogP contribution in [-0.2, 0) is 0 Å². The van der Waals surface area contributed by atoms with Gasteiger partial charge < -0.3 is 15.0 Å². The summed E-state index contributed by atoms with van der Waals surface area (Å²) in [5, 5.41) is 3.20. The molecule has 0 aromatic heterocycles. The summed E-state index contributed by atoms with van der Waals surface area (Å²) >= 11 is 0. The number of nitrogens with one attached hydrogen (secondary N) is 1. The minimum Gasteiger partial charge on any atom is -0.487 e. The highest BCUT2D eigenvalue weighted by molar-refractivity contribution is 5.74. The molecular weight excluding hydrogens is 357 g/mol. The third kappa shape index (κ3) is 4.77. The zero-order valence-electron chi connectivity index (χ0n) is 16.6. The van der Waals surface area contributed by atoms with E-state index in [2.05, 4.69) is 10.2 Å². The first-order valence-corrected chi connectivity index (χ1v) is 10.9. The van der Waals surface area contributed by atoms with Crippen molar-refractivity contribution in [3.63, 3.8) is 0 Å². The Kier molecular flexibility index (Phi) is 6.35. The van der Waals surface area contributed by atoms with E-state index in [0.717, 1.165) is 64.7 Å². The molecule has 154 valence electrons. The second-order valence-electron chi connectivity index (χ2n) is 8.43. The number of benzene rings is 1. The molecule has 0 bridgehead atoms. The zero-order chi connectivity index (χ0) is 19.3. The summed E-state index contributed by atoms with van der Waals surface area (Å²) in [4.78, 5) is 17.0. The largest absolute Gasteiger partial charge is 0.487 e. The Bertz CT molecular complexity index is 649. The van der Waals surface area contributed by atoms with Gasteiger partial charge in [0.05, 0.1) is 0 Å². The molecule has 6 heteroatoms. The van der Waals surface area contributed by atoms with E-state index < -0.39 is 0 Å². The van der Waals surface area contributed by atoms with Crippen LogP contribution in [0.4, 0.5) is 9.18 Å². The molecule has 0 unspecified atom stereocenters. The Labute approximate surface area is 167 Å². The van der Waals surface area contributed by atoms with Crippen molar-refractivity contribution in [3.05, 3.63) is 30.1 Å². The lowest BCUT2D eigenvalue weighted by Gasteiger charge is -2.41. The highest BCUT2D eigenvalue weighted by atomic mass is 19.1. The smallest absolute Gasteiger partial charge is 0.317 e. The van der Waals surface area contributed by atoms with Gasteiger partial charge in [0.15, 0.2) is 11.6 Å². The molecule has 0 radical (unpaired) electrons. The van der Waals surface area contributed by atoms with Gasteiger partial charge in [0.1, 0.15) is 6.10 Å². The number of piperidine rings is 2. The molecule has 0 atom stereocenters. The van der Waals surface area contributed by atoms with Crippen molar-refractivity contribution in [1.29, 1.82) is 0 Å². The van der Waals surface area contributed by atoms with Crippen molar-refractivity contribution in [2.75, 3.05) is 26.2 Å². The van der Waals surface area contributed by atoms with Crippen molar-refractivity contribution in [1.82, 2.24) is 15.1 Å². The fourth-order valence-electron chi connectivity index (χ4n) is 4.85. The molecule has 1 aliphatic carbocycles. The average Bonchev–Trinajstić information content (AvgIpc) is 3.23. The van der Waals surface area contributed by atoms with Gasteiger partial charge >= 0.3 is 6.03 Å². The number of ether oxygens (including phenoxy) is 1. The number of halogens is 1. The van der Waals surface area contributed by atoms with Crippen LogP contribution in [-0.4, -0.2) is 60.2 Å². The molecule has 3 aliphatic rings. The van der Waals surface area contributed by atoms with Crippen LogP contribution in [0.3, 0.4) is 0 Å². The molecule has 2 aliphatic heterocycles. The van der Waals surface area contributed by atoms with Gasteiger partial charge in [-0.2, -0.15) is 0 Å². The van der Waals surface area contributed by atoms with Gasteiger partial charge in [-0.25, -0.2) is 9.18 Å². The van der Waals surface area contributed by atoms with Gasteiger partial charge in [-0.1, -0.05) is 25.0 Å². The molecule has 3 fully saturated rings. The van der Waals surface area contributed by atoms with E-state index in [-0.39, 0.29) is 18.0 Å². The second-order valence-corrected chi connectivity index (χ2v) is 8.43. The summed E-state index contributed by atoms with van der Waals surface area (Å²) in [5.41, 5.74) is 0. The number of rotatable bonds is 4. The molecule has 5 nitrogen and oxygen atoms in total. The third-order valence-corrected chi connectivity index (χ3v) is 6.56. The van der Waals surface area contributed by atoms with Crippen molar-refractivity contribution in [2.45, 2.75) is 69.6 Å². The SMILES string of the molecule is O=C(NC1CCCC1)N1CCC(N2CCC(Oc3ccccc3F)CC2)CC1. The van der Waals surface area contributed by atoms with Gasteiger partial charge in [-0.3, -0.25) is 4.90 Å². The van der Waals surface area contributed by atoms with Crippen LogP contribution >= 0.6 is 0 Å². The number of likely N-dealkylation sites (tertiary alicyclic amines) is 2. The van der Waals surface area contributed by atoms with Crippen LogP contribution in [0.1, 0.15) is 51.4 Å². The first kappa shape index (κ1) is 19.5. The predicted octanol–water partition coefficient (Wildman–Crippen LogP) is 3.79.